The van der Waals surface area contributed by atoms with Crippen LogP contribution in [-0.2, 0) is 0 Å². The number of hydrogen-bond donors (Lipinski definition) is 0. The van der Waals surface area contributed by atoms with Crippen molar-refractivity contribution in [3.8, 4) is 0 Å². The van der Waals surface area contributed by atoms with Crippen LogP contribution in [0.5, 0.6) is 0 Å². The van der Waals surface area contributed by atoms with E-state index in [2.05, 4.69) is 69.2 Å². The molecule has 0 fully saturated rings. The van der Waals surface area contributed by atoms with Crippen LogP contribution in [0.3, 0.4) is 0 Å². The fraction of sp³-hybridized carbons (Fsp3) is 0.600. The molecule has 1 heteroatoms. The van der Waals surface area contributed by atoms with Gasteiger partial charge >= 0.3 is 153 Å². The second kappa shape index (κ2) is 5.44. The van der Waals surface area contributed by atoms with Gasteiger partial charge in [0.15, 0.2) is 0 Å². The molecule has 0 saturated carbocycles. The van der Waals surface area contributed by atoms with Crippen molar-refractivity contribution in [2.24, 2.45) is 10.8 Å². The second-order valence-electron chi connectivity index (χ2n) is 7.88. The van der Waals surface area contributed by atoms with E-state index >= 15 is 0 Å². The Morgan fingerprint density at radius 2 is 0.857 bits per heavy atom. The summed E-state index contributed by atoms with van der Waals surface area (Å²) in [4.78, 5) is 0. The predicted octanol–water partition coefficient (Wildman–Crippen LogP) is 6.48. The van der Waals surface area contributed by atoms with E-state index in [4.69, 9.17) is 0 Å². The fourth-order valence-electron chi connectivity index (χ4n) is 3.81. The zero-order chi connectivity index (χ0) is 16.3. The molecule has 0 atom stereocenters. The first-order valence-electron chi connectivity index (χ1n) is 8.00. The monoisotopic (exact) mass is 413 g/mol. The molecular weight excluding hydrogens is 384 g/mol. The van der Waals surface area contributed by atoms with Crippen molar-refractivity contribution in [1.82, 2.24) is 0 Å². The summed E-state index contributed by atoms with van der Waals surface area (Å²) in [7, 11) is 0. The van der Waals surface area contributed by atoms with E-state index in [0.717, 1.165) is 0 Å². The minimum Gasteiger partial charge on any atom is -1.00 e. The molecule has 0 unspecified atom stereocenters. The van der Waals surface area contributed by atoms with Gasteiger partial charge in [-0.3, -0.25) is 0 Å². The molecule has 115 valence electrons. The minimum absolute atomic E-state index is 0. The van der Waals surface area contributed by atoms with Crippen molar-refractivity contribution in [3.05, 3.63) is 35.9 Å². The van der Waals surface area contributed by atoms with Crippen LogP contribution in [0.25, 0.3) is 0 Å². The van der Waals surface area contributed by atoms with E-state index in [9.17, 15) is 0 Å². The molecule has 0 amide bonds. The Hall–Kier alpha value is 0.311. The van der Waals surface area contributed by atoms with Gasteiger partial charge in [-0.25, -0.2) is 0 Å². The summed E-state index contributed by atoms with van der Waals surface area (Å²) in [6.45, 7) is 23.8. The normalized spacial score (nSPS) is 24.5. The van der Waals surface area contributed by atoms with Gasteiger partial charge < -0.3 is 1.43 Å². The first-order chi connectivity index (χ1) is 9.44. The molecule has 0 nitrogen and oxygen atoms in total. The van der Waals surface area contributed by atoms with Crippen LogP contribution in [-0.4, -0.2) is 0 Å². The van der Waals surface area contributed by atoms with Gasteiger partial charge in [0.05, 0.1) is 0 Å². The van der Waals surface area contributed by atoms with Crippen molar-refractivity contribution in [2.75, 3.05) is 0 Å². The summed E-state index contributed by atoms with van der Waals surface area (Å²) < 4.78 is 3.64. The SMILES string of the molecule is CC1=C(C)C(C)(C)[C]([Nd+][C]2=C(C)C(C)=C(C)C2(C)C)=C1C.[H-]. The third-order valence-corrected chi connectivity index (χ3v) is 14.4. The zero-order valence-corrected chi connectivity index (χ0v) is 18.7. The molecule has 2 aliphatic rings. The van der Waals surface area contributed by atoms with Gasteiger partial charge in [0, 0.05) is 0 Å². The summed E-state index contributed by atoms with van der Waals surface area (Å²) in [5.41, 5.74) is 10.1. The topological polar surface area (TPSA) is 0 Å². The maximum Gasteiger partial charge on any atom is -1.00 e. The molecule has 0 heterocycles. The van der Waals surface area contributed by atoms with Crippen LogP contribution >= 0.6 is 0 Å². The first kappa shape index (κ1) is 17.7. The molecule has 0 radical (unpaired) electrons. The molecule has 21 heavy (non-hydrogen) atoms. The molecular formula is C20H31Nd. The van der Waals surface area contributed by atoms with Crippen molar-refractivity contribution in [2.45, 2.75) is 69.2 Å². The van der Waals surface area contributed by atoms with Crippen molar-refractivity contribution >= 4 is 0 Å². The summed E-state index contributed by atoms with van der Waals surface area (Å²) in [5.74, 6) is 0. The Morgan fingerprint density at radius 3 is 1.05 bits per heavy atom. The van der Waals surface area contributed by atoms with Gasteiger partial charge in [0.25, 0.3) is 0 Å². The summed E-state index contributed by atoms with van der Waals surface area (Å²) in [6.07, 6.45) is 0. The van der Waals surface area contributed by atoms with Crippen LogP contribution in [0.4, 0.5) is 0 Å². The zero-order valence-electron chi connectivity index (χ0n) is 16.5. The van der Waals surface area contributed by atoms with Gasteiger partial charge in [-0.1, -0.05) is 0 Å². The molecule has 0 aliphatic heterocycles. The largest absolute Gasteiger partial charge is 1.00 e. The van der Waals surface area contributed by atoms with Crippen LogP contribution in [0.2, 0.25) is 0 Å². The molecule has 0 bridgehead atoms. The van der Waals surface area contributed by atoms with Crippen molar-refractivity contribution < 1.29 is 38.1 Å². The maximum absolute atomic E-state index is 2.44. The Balaban J connectivity index is 0.00000242. The smallest absolute Gasteiger partial charge is 1.00 e. The van der Waals surface area contributed by atoms with E-state index < -0.39 is 36.7 Å². The molecule has 0 spiro atoms. The molecule has 2 rings (SSSR count). The summed E-state index contributed by atoms with van der Waals surface area (Å²) in [5, 5.41) is 0. The van der Waals surface area contributed by atoms with E-state index in [1.54, 1.807) is 33.4 Å². The standard InChI is InChI=1S/2C10H15.Nd.H/c2*1-7-6-10(4,5)9(3)8(7)2;;/h2*1-5H3;;/q;;+1;-1. The van der Waals surface area contributed by atoms with Crippen LogP contribution in [0.15, 0.2) is 35.9 Å². The van der Waals surface area contributed by atoms with Gasteiger partial charge in [-0.05, 0) is 0 Å². The molecule has 0 aromatic rings. The molecule has 0 N–H and O–H groups in total. The average Bonchev–Trinajstić information content (AvgIpc) is 2.63. The molecule has 2 aliphatic carbocycles. The van der Waals surface area contributed by atoms with Gasteiger partial charge in [0.1, 0.15) is 0 Å². The number of hydrogen-bond acceptors (Lipinski definition) is 0. The second-order valence-corrected chi connectivity index (χ2v) is 11.9. The average molecular weight is 416 g/mol. The number of rotatable bonds is 2. The third-order valence-electron chi connectivity index (χ3n) is 6.38. The Kier molecular flexibility index (Phi) is 4.58. The Morgan fingerprint density at radius 1 is 0.571 bits per heavy atom. The summed E-state index contributed by atoms with van der Waals surface area (Å²) in [6, 6.07) is 0. The van der Waals surface area contributed by atoms with E-state index in [-0.39, 0.29) is 1.43 Å². The molecule has 0 aromatic heterocycles. The van der Waals surface area contributed by atoms with E-state index in [1.807, 2.05) is 2.45 Å². The summed E-state index contributed by atoms with van der Waals surface area (Å²) >= 11 is -0.997. The van der Waals surface area contributed by atoms with Gasteiger partial charge in [-0.2, -0.15) is 0 Å². The van der Waals surface area contributed by atoms with Crippen LogP contribution in [0, 0.1) is 47.5 Å². The maximum atomic E-state index is 2.44. The van der Waals surface area contributed by atoms with Crippen LogP contribution < -0.4 is 0 Å². The van der Waals surface area contributed by atoms with E-state index in [1.165, 1.54) is 0 Å². The van der Waals surface area contributed by atoms with Crippen molar-refractivity contribution in [1.29, 1.82) is 0 Å². The third kappa shape index (κ3) is 2.49. The predicted molar refractivity (Wildman–Crippen MR) is 90.8 cm³/mol. The van der Waals surface area contributed by atoms with Gasteiger partial charge in [0.2, 0.25) is 0 Å². The number of allylic oxidation sites excluding steroid dienone is 8. The minimum atomic E-state index is -0.997. The van der Waals surface area contributed by atoms with Crippen molar-refractivity contribution in [3.63, 3.8) is 0 Å². The van der Waals surface area contributed by atoms with E-state index in [0.29, 0.717) is 10.8 Å². The Bertz CT molecular complexity index is 581. The quantitative estimate of drug-likeness (QED) is 0.484. The van der Waals surface area contributed by atoms with Crippen LogP contribution in [0.1, 0.15) is 70.7 Å². The first-order valence-corrected chi connectivity index (χ1v) is 11.2. The Labute approximate surface area is 153 Å². The fourth-order valence-corrected chi connectivity index (χ4v) is 10.2. The van der Waals surface area contributed by atoms with Gasteiger partial charge in [-0.15, -0.1) is 0 Å². The molecule has 0 saturated heterocycles. The molecule has 0 aromatic carbocycles.